The molecule has 0 unspecified atom stereocenters. The van der Waals surface area contributed by atoms with E-state index in [9.17, 15) is 20.4 Å². The normalized spacial score (nSPS) is 23.6. The summed E-state index contributed by atoms with van der Waals surface area (Å²) >= 11 is 0. The van der Waals surface area contributed by atoms with Gasteiger partial charge >= 0.3 is 0 Å². The summed E-state index contributed by atoms with van der Waals surface area (Å²) in [7, 11) is 4.03. The van der Waals surface area contributed by atoms with Gasteiger partial charge in [-0.3, -0.25) is 0 Å². The molecule has 40 heavy (non-hydrogen) atoms. The van der Waals surface area contributed by atoms with Gasteiger partial charge in [0.15, 0.2) is 0 Å². The van der Waals surface area contributed by atoms with Crippen LogP contribution in [0.2, 0.25) is 0 Å². The minimum Gasteiger partial charge on any atom is -0.492 e. The third kappa shape index (κ3) is 7.09. The zero-order valence-corrected chi connectivity index (χ0v) is 23.2. The molecule has 0 aromatic heterocycles. The van der Waals surface area contributed by atoms with Crippen molar-refractivity contribution in [2.24, 2.45) is 0 Å². The molecule has 1 aliphatic heterocycles. The number of hydrogen-bond acceptors (Lipinski definition) is 8. The van der Waals surface area contributed by atoms with Crippen molar-refractivity contribution in [3.05, 3.63) is 95.6 Å². The second kappa shape index (κ2) is 13.9. The van der Waals surface area contributed by atoms with Gasteiger partial charge in [-0.25, -0.2) is 0 Å². The number of aliphatic hydroxyl groups is 4. The van der Waals surface area contributed by atoms with Crippen LogP contribution < -0.4 is 9.47 Å². The van der Waals surface area contributed by atoms with Crippen molar-refractivity contribution >= 4 is 11.1 Å². The third-order valence-electron chi connectivity index (χ3n) is 6.95. The first-order valence-corrected chi connectivity index (χ1v) is 13.6. The number of likely N-dealkylation sites (N-methyl/N-ethyl adjacent to an activating group) is 1. The average Bonchev–Trinajstić information content (AvgIpc) is 2.97. The summed E-state index contributed by atoms with van der Waals surface area (Å²) in [6.07, 6.45) is -6.01. The molecule has 0 bridgehead atoms. The number of allylic oxidation sites excluding steroid dienone is 1. The van der Waals surface area contributed by atoms with Crippen molar-refractivity contribution < 1.29 is 34.6 Å². The van der Waals surface area contributed by atoms with Gasteiger partial charge in [0.1, 0.15) is 42.5 Å². The molecular weight excluding hydrogens is 510 g/mol. The van der Waals surface area contributed by atoms with E-state index in [2.05, 4.69) is 36.1 Å². The summed E-state index contributed by atoms with van der Waals surface area (Å²) in [4.78, 5) is 2.08. The van der Waals surface area contributed by atoms with Crippen molar-refractivity contribution in [3.63, 3.8) is 0 Å². The number of ether oxygens (including phenoxy) is 3. The van der Waals surface area contributed by atoms with Crippen LogP contribution in [0.5, 0.6) is 11.5 Å². The Labute approximate surface area is 235 Å². The minimum absolute atomic E-state index is 0.421. The van der Waals surface area contributed by atoms with Crippen LogP contribution in [0, 0.1) is 0 Å². The van der Waals surface area contributed by atoms with Crippen molar-refractivity contribution in [1.29, 1.82) is 0 Å². The van der Waals surface area contributed by atoms with Gasteiger partial charge < -0.3 is 39.5 Å². The molecule has 1 heterocycles. The van der Waals surface area contributed by atoms with Crippen molar-refractivity contribution in [1.82, 2.24) is 4.90 Å². The largest absolute Gasteiger partial charge is 0.492 e. The lowest BCUT2D eigenvalue weighted by molar-refractivity contribution is -0.277. The molecule has 4 N–H and O–H groups in total. The lowest BCUT2D eigenvalue weighted by atomic mass is 9.88. The van der Waals surface area contributed by atoms with Crippen LogP contribution in [0.4, 0.5) is 0 Å². The second-order valence-corrected chi connectivity index (χ2v) is 10.1. The molecule has 1 saturated heterocycles. The quantitative estimate of drug-likeness (QED) is 0.270. The van der Waals surface area contributed by atoms with Crippen molar-refractivity contribution in [2.75, 3.05) is 33.9 Å². The van der Waals surface area contributed by atoms with E-state index < -0.39 is 37.3 Å². The fourth-order valence-corrected chi connectivity index (χ4v) is 4.77. The van der Waals surface area contributed by atoms with Crippen LogP contribution in [0.15, 0.2) is 78.9 Å². The van der Waals surface area contributed by atoms with Gasteiger partial charge in [-0.2, -0.15) is 0 Å². The lowest BCUT2D eigenvalue weighted by Gasteiger charge is -2.39. The Kier molecular flexibility index (Phi) is 10.3. The van der Waals surface area contributed by atoms with Gasteiger partial charge in [0.2, 0.25) is 6.29 Å². The predicted octanol–water partition coefficient (Wildman–Crippen LogP) is 3.17. The Morgan fingerprint density at radius 2 is 1.48 bits per heavy atom. The topological polar surface area (TPSA) is 112 Å². The molecule has 1 fully saturated rings. The van der Waals surface area contributed by atoms with Gasteiger partial charge in [0.25, 0.3) is 0 Å². The first-order chi connectivity index (χ1) is 19.3. The number of hydrogen-bond donors (Lipinski definition) is 4. The van der Waals surface area contributed by atoms with E-state index in [1.54, 1.807) is 6.07 Å². The maximum absolute atomic E-state index is 10.4. The van der Waals surface area contributed by atoms with Crippen LogP contribution in [-0.2, 0) is 4.74 Å². The van der Waals surface area contributed by atoms with Gasteiger partial charge in [0, 0.05) is 6.54 Å². The van der Waals surface area contributed by atoms with Gasteiger partial charge in [-0.15, -0.1) is 0 Å². The number of aliphatic hydroxyl groups excluding tert-OH is 4. The molecule has 3 aromatic carbocycles. The Balaban J connectivity index is 1.67. The maximum Gasteiger partial charge on any atom is 0.229 e. The molecule has 1 aliphatic rings. The molecule has 5 atom stereocenters. The highest BCUT2D eigenvalue weighted by Crippen LogP contribution is 2.36. The minimum atomic E-state index is -1.51. The highest BCUT2D eigenvalue weighted by molar-refractivity contribution is 5.98. The molecule has 0 spiro atoms. The molecular formula is C32H39NO7. The van der Waals surface area contributed by atoms with Crippen LogP contribution >= 0.6 is 0 Å². The summed E-state index contributed by atoms with van der Waals surface area (Å²) in [6.45, 7) is 3.02. The van der Waals surface area contributed by atoms with E-state index in [1.165, 1.54) is 0 Å². The Morgan fingerprint density at radius 1 is 0.800 bits per heavy atom. The smallest absolute Gasteiger partial charge is 0.229 e. The van der Waals surface area contributed by atoms with Gasteiger partial charge in [-0.1, -0.05) is 61.5 Å². The third-order valence-corrected chi connectivity index (χ3v) is 6.95. The summed E-state index contributed by atoms with van der Waals surface area (Å²) in [5.41, 5.74) is 5.21. The Bertz CT molecular complexity index is 1240. The van der Waals surface area contributed by atoms with Crippen LogP contribution in [0.25, 0.3) is 11.1 Å². The Hall–Kier alpha value is -3.24. The van der Waals surface area contributed by atoms with Crippen molar-refractivity contribution in [2.45, 2.75) is 44.1 Å². The monoisotopic (exact) mass is 549 g/mol. The SMILES string of the molecule is CC/C(=C(\c1ccccc1)c1ccc(OCCN(C)C)cc1)c1cccc(O[C@H]2O[C@@H](CO)[C@H](O)[C@@H](O)[C@@H]2O)c1. The highest BCUT2D eigenvalue weighted by Gasteiger charge is 2.44. The number of rotatable bonds is 11. The number of benzene rings is 3. The fraction of sp³-hybridized carbons (Fsp3) is 0.375. The van der Waals surface area contributed by atoms with Crippen LogP contribution in [0.1, 0.15) is 30.0 Å². The van der Waals surface area contributed by atoms with Gasteiger partial charge in [-0.05, 0) is 72.6 Å². The van der Waals surface area contributed by atoms with E-state index >= 15 is 0 Å². The standard InChI is InChI=1S/C32H39NO7/c1-4-26(23-11-8-12-25(19-23)39-32-31(37)30(36)29(35)27(20-34)40-32)28(21-9-6-5-7-10-21)22-13-15-24(16-14-22)38-18-17-33(2)3/h5-16,19,27,29-32,34-37H,4,17-18,20H2,1-3H3/b28-26-/t27-,29-,30+,31-,32-/m0/s1. The first-order valence-electron chi connectivity index (χ1n) is 13.6. The first kappa shape index (κ1) is 29.7. The lowest BCUT2D eigenvalue weighted by Crippen LogP contribution is -2.60. The summed E-state index contributed by atoms with van der Waals surface area (Å²) in [5.74, 6) is 1.23. The molecule has 8 nitrogen and oxygen atoms in total. The summed E-state index contributed by atoms with van der Waals surface area (Å²) < 4.78 is 17.4. The predicted molar refractivity (Wildman–Crippen MR) is 154 cm³/mol. The summed E-state index contributed by atoms with van der Waals surface area (Å²) in [5, 5.41) is 40.2. The summed E-state index contributed by atoms with van der Waals surface area (Å²) in [6, 6.07) is 25.7. The fourth-order valence-electron chi connectivity index (χ4n) is 4.77. The molecule has 0 saturated carbocycles. The van der Waals surface area contributed by atoms with E-state index in [-0.39, 0.29) is 0 Å². The van der Waals surface area contributed by atoms with Gasteiger partial charge in [0.05, 0.1) is 6.61 Å². The van der Waals surface area contributed by atoms with E-state index in [4.69, 9.17) is 14.2 Å². The zero-order valence-electron chi connectivity index (χ0n) is 23.2. The Morgan fingerprint density at radius 3 is 2.12 bits per heavy atom. The van der Waals surface area contributed by atoms with E-state index in [1.807, 2.05) is 62.6 Å². The molecule has 0 radical (unpaired) electrons. The second-order valence-electron chi connectivity index (χ2n) is 10.1. The highest BCUT2D eigenvalue weighted by atomic mass is 16.7. The van der Waals surface area contributed by atoms with E-state index in [0.717, 1.165) is 46.6 Å². The van der Waals surface area contributed by atoms with Crippen molar-refractivity contribution in [3.8, 4) is 11.5 Å². The average molecular weight is 550 g/mol. The molecule has 0 aliphatic carbocycles. The molecule has 214 valence electrons. The van der Waals surface area contributed by atoms with E-state index in [0.29, 0.717) is 12.4 Å². The van der Waals surface area contributed by atoms with Crippen LogP contribution in [0.3, 0.4) is 0 Å². The maximum atomic E-state index is 10.4. The molecule has 0 amide bonds. The zero-order chi connectivity index (χ0) is 28.6. The molecule has 4 rings (SSSR count). The molecule has 3 aromatic rings. The van der Waals surface area contributed by atoms with Crippen LogP contribution in [-0.4, -0.2) is 89.9 Å². The number of nitrogens with zero attached hydrogens (tertiary/aromatic N) is 1. The molecule has 8 heteroatoms.